The van der Waals surface area contributed by atoms with Crippen LogP contribution < -0.4 is 5.32 Å². The van der Waals surface area contributed by atoms with E-state index in [0.29, 0.717) is 5.56 Å². The smallest absolute Gasteiger partial charge is 0.329 e. The highest BCUT2D eigenvalue weighted by molar-refractivity contribution is 7.99. The predicted molar refractivity (Wildman–Crippen MR) is 119 cm³/mol. The number of thioether (sulfide) groups is 1. The van der Waals surface area contributed by atoms with E-state index in [4.69, 9.17) is 23.7 Å². The Bertz CT molecular complexity index is 893. The molecule has 34 heavy (non-hydrogen) atoms. The van der Waals surface area contributed by atoms with Crippen molar-refractivity contribution in [3.8, 4) is 0 Å². The van der Waals surface area contributed by atoms with Gasteiger partial charge in [0.15, 0.2) is 18.3 Å². The van der Waals surface area contributed by atoms with Gasteiger partial charge in [-0.3, -0.25) is 19.2 Å². The minimum atomic E-state index is -1.15. The molecule has 2 rings (SSSR count). The Labute approximate surface area is 200 Å². The lowest BCUT2D eigenvalue weighted by Crippen LogP contribution is -2.57. The fourth-order valence-corrected chi connectivity index (χ4v) is 4.36. The minimum Gasteiger partial charge on any atom is -0.467 e. The van der Waals surface area contributed by atoms with E-state index in [1.165, 1.54) is 27.9 Å². The maximum atomic E-state index is 12.5. The lowest BCUT2D eigenvalue weighted by atomic mass is 10.1. The lowest BCUT2D eigenvalue weighted by Gasteiger charge is -2.40. The van der Waals surface area contributed by atoms with E-state index in [0.717, 1.165) is 11.8 Å². The molecule has 1 amide bonds. The first-order chi connectivity index (χ1) is 16.1. The zero-order valence-corrected chi connectivity index (χ0v) is 20.0. The van der Waals surface area contributed by atoms with Crippen LogP contribution in [0.2, 0.25) is 0 Å². The molecule has 1 N–H and O–H groups in total. The average Bonchev–Trinajstić information content (AvgIpc) is 2.78. The molecule has 0 bridgehead atoms. The van der Waals surface area contributed by atoms with Gasteiger partial charge in [0.25, 0.3) is 5.91 Å². The summed E-state index contributed by atoms with van der Waals surface area (Å²) >= 11 is 1.04. The standard InChI is InChI=1S/C22H27NO10S/c1-12(24)31-17-10-30-22(19(33-14(3)26)18(17)32-13(2)25)34-11-16(21(28)29-4)23-20(27)15-8-6-5-7-9-15/h5-9,16-19,22H,10-11H2,1-4H3,(H,23,27)/t16-,17+,18+,19-,22-/m0/s1. The topological polar surface area (TPSA) is 144 Å². The first-order valence-electron chi connectivity index (χ1n) is 10.3. The van der Waals surface area contributed by atoms with Crippen LogP contribution in [0.4, 0.5) is 0 Å². The summed E-state index contributed by atoms with van der Waals surface area (Å²) in [4.78, 5) is 59.7. The Balaban J connectivity index is 2.18. The quantitative estimate of drug-likeness (QED) is 0.383. The largest absolute Gasteiger partial charge is 0.467 e. The van der Waals surface area contributed by atoms with Gasteiger partial charge in [-0.05, 0) is 12.1 Å². The van der Waals surface area contributed by atoms with Crippen molar-refractivity contribution in [3.63, 3.8) is 0 Å². The molecule has 0 spiro atoms. The molecule has 1 fully saturated rings. The van der Waals surface area contributed by atoms with E-state index in [-0.39, 0.29) is 12.4 Å². The van der Waals surface area contributed by atoms with Crippen LogP contribution in [0.1, 0.15) is 31.1 Å². The highest BCUT2D eigenvalue weighted by atomic mass is 32.2. The fourth-order valence-electron chi connectivity index (χ4n) is 3.18. The molecule has 0 aromatic heterocycles. The molecule has 1 heterocycles. The van der Waals surface area contributed by atoms with Gasteiger partial charge in [0.05, 0.1) is 13.7 Å². The normalized spacial score (nSPS) is 22.6. The van der Waals surface area contributed by atoms with Crippen LogP contribution in [-0.4, -0.2) is 79.0 Å². The number of nitrogens with one attached hydrogen (secondary N) is 1. The predicted octanol–water partition coefficient (Wildman–Crippen LogP) is 0.843. The molecule has 11 nitrogen and oxygen atoms in total. The number of carbonyl (C=O) groups excluding carboxylic acids is 5. The van der Waals surface area contributed by atoms with Gasteiger partial charge in [-0.25, -0.2) is 4.79 Å². The molecule has 1 aliphatic rings. The molecule has 1 saturated heterocycles. The molecule has 12 heteroatoms. The van der Waals surface area contributed by atoms with E-state index < -0.39 is 59.6 Å². The summed E-state index contributed by atoms with van der Waals surface area (Å²) < 4.78 is 26.3. The van der Waals surface area contributed by atoms with Gasteiger partial charge in [0, 0.05) is 32.1 Å². The summed E-state index contributed by atoms with van der Waals surface area (Å²) in [6.07, 6.45) is -3.28. The van der Waals surface area contributed by atoms with Crippen molar-refractivity contribution in [1.29, 1.82) is 0 Å². The zero-order chi connectivity index (χ0) is 25.3. The number of ether oxygens (including phenoxy) is 5. The van der Waals surface area contributed by atoms with Crippen molar-refractivity contribution in [1.82, 2.24) is 5.32 Å². The molecule has 0 radical (unpaired) electrons. The molecule has 0 saturated carbocycles. The second kappa shape index (κ2) is 12.9. The number of hydrogen-bond acceptors (Lipinski definition) is 11. The van der Waals surface area contributed by atoms with E-state index in [2.05, 4.69) is 5.32 Å². The van der Waals surface area contributed by atoms with Gasteiger partial charge in [-0.2, -0.15) is 0 Å². The fraction of sp³-hybridized carbons (Fsp3) is 0.500. The van der Waals surface area contributed by atoms with Crippen LogP contribution in [0.3, 0.4) is 0 Å². The first-order valence-corrected chi connectivity index (χ1v) is 11.4. The van der Waals surface area contributed by atoms with Gasteiger partial charge in [-0.15, -0.1) is 11.8 Å². The Morgan fingerprint density at radius 3 is 2.12 bits per heavy atom. The van der Waals surface area contributed by atoms with Gasteiger partial charge in [0.2, 0.25) is 0 Å². The summed E-state index contributed by atoms with van der Waals surface area (Å²) in [5.41, 5.74) is -0.548. The number of carbonyl (C=O) groups is 5. The third-order valence-electron chi connectivity index (χ3n) is 4.56. The van der Waals surface area contributed by atoms with Crippen LogP contribution in [0.15, 0.2) is 30.3 Å². The van der Waals surface area contributed by atoms with E-state index in [9.17, 15) is 24.0 Å². The van der Waals surface area contributed by atoms with Crippen molar-refractivity contribution < 1.29 is 47.7 Å². The monoisotopic (exact) mass is 497 g/mol. The van der Waals surface area contributed by atoms with Gasteiger partial charge in [0.1, 0.15) is 11.5 Å². The molecule has 1 aliphatic heterocycles. The number of methoxy groups -OCH3 is 1. The van der Waals surface area contributed by atoms with Crippen LogP contribution in [0, 0.1) is 0 Å². The number of esters is 4. The van der Waals surface area contributed by atoms with Gasteiger partial charge < -0.3 is 29.0 Å². The SMILES string of the molecule is COC(=O)[C@H](CS[C@@H]1OC[C@@H](OC(C)=O)[C@@H](OC(C)=O)[C@@H]1OC(C)=O)NC(=O)c1ccccc1. The van der Waals surface area contributed by atoms with Crippen LogP contribution >= 0.6 is 11.8 Å². The van der Waals surface area contributed by atoms with E-state index in [1.54, 1.807) is 30.3 Å². The van der Waals surface area contributed by atoms with Gasteiger partial charge in [-0.1, -0.05) is 18.2 Å². The second-order valence-electron chi connectivity index (χ2n) is 7.25. The highest BCUT2D eigenvalue weighted by Crippen LogP contribution is 2.31. The zero-order valence-electron chi connectivity index (χ0n) is 19.2. The number of amides is 1. The summed E-state index contributed by atoms with van der Waals surface area (Å²) in [5.74, 6) is -3.17. The van der Waals surface area contributed by atoms with Crippen molar-refractivity contribution in [2.45, 2.75) is 50.6 Å². The Hall–Kier alpha value is -3.12. The highest BCUT2D eigenvalue weighted by Gasteiger charge is 2.47. The third kappa shape index (κ3) is 8.03. The summed E-state index contributed by atoms with van der Waals surface area (Å²) in [7, 11) is 1.19. The molecule has 0 unspecified atom stereocenters. The number of benzene rings is 1. The summed E-state index contributed by atoms with van der Waals surface area (Å²) in [6.45, 7) is 3.37. The molecular formula is C22H27NO10S. The lowest BCUT2D eigenvalue weighted by molar-refractivity contribution is -0.213. The summed E-state index contributed by atoms with van der Waals surface area (Å²) in [5, 5.41) is 2.61. The minimum absolute atomic E-state index is 0.0152. The molecule has 0 aliphatic carbocycles. The molecule has 186 valence electrons. The van der Waals surface area contributed by atoms with Crippen LogP contribution in [-0.2, 0) is 42.9 Å². The first kappa shape index (κ1) is 27.1. The van der Waals surface area contributed by atoms with Crippen molar-refractivity contribution >= 4 is 41.5 Å². The van der Waals surface area contributed by atoms with Crippen molar-refractivity contribution in [2.24, 2.45) is 0 Å². The maximum Gasteiger partial charge on any atom is 0.329 e. The third-order valence-corrected chi connectivity index (χ3v) is 5.82. The maximum absolute atomic E-state index is 12.5. The molecular weight excluding hydrogens is 470 g/mol. The average molecular weight is 498 g/mol. The molecule has 1 aromatic carbocycles. The second-order valence-corrected chi connectivity index (χ2v) is 8.38. The number of hydrogen-bond donors (Lipinski definition) is 1. The van der Waals surface area contributed by atoms with Crippen LogP contribution in [0.25, 0.3) is 0 Å². The summed E-state index contributed by atoms with van der Waals surface area (Å²) in [6, 6.07) is 7.26. The van der Waals surface area contributed by atoms with Crippen LogP contribution in [0.5, 0.6) is 0 Å². The Morgan fingerprint density at radius 2 is 1.56 bits per heavy atom. The van der Waals surface area contributed by atoms with E-state index >= 15 is 0 Å². The molecule has 5 atom stereocenters. The van der Waals surface area contributed by atoms with Crippen molar-refractivity contribution in [3.05, 3.63) is 35.9 Å². The Morgan fingerprint density at radius 1 is 0.971 bits per heavy atom. The van der Waals surface area contributed by atoms with Crippen molar-refractivity contribution in [2.75, 3.05) is 19.5 Å². The molecule has 1 aromatic rings. The number of rotatable bonds is 9. The van der Waals surface area contributed by atoms with Gasteiger partial charge >= 0.3 is 23.9 Å². The Kier molecular flexibility index (Phi) is 10.3. The van der Waals surface area contributed by atoms with E-state index in [1.807, 2.05) is 0 Å².